The molecule has 110 valence electrons. The Morgan fingerprint density at radius 3 is 2.76 bits per heavy atom. The van der Waals surface area contributed by atoms with Gasteiger partial charge in [0.25, 0.3) is 5.91 Å². The summed E-state index contributed by atoms with van der Waals surface area (Å²) in [6.07, 6.45) is 1.59. The summed E-state index contributed by atoms with van der Waals surface area (Å²) in [4.78, 5) is 25.9. The first-order chi connectivity index (χ1) is 10.1. The van der Waals surface area contributed by atoms with Gasteiger partial charge in [-0.3, -0.25) is 4.79 Å². The third kappa shape index (κ3) is 4.00. The SMILES string of the molecule is COc1ccc(NC(=O)COC(=O)c2ccc[nH]2)cc1Cl. The zero-order valence-electron chi connectivity index (χ0n) is 11.2. The molecule has 0 saturated carbocycles. The van der Waals surface area contributed by atoms with Crippen LogP contribution in [0.1, 0.15) is 10.5 Å². The highest BCUT2D eigenvalue weighted by Gasteiger charge is 2.11. The van der Waals surface area contributed by atoms with Gasteiger partial charge in [0.1, 0.15) is 11.4 Å². The molecule has 0 spiro atoms. The van der Waals surface area contributed by atoms with Gasteiger partial charge >= 0.3 is 5.97 Å². The first kappa shape index (κ1) is 14.9. The number of hydrogen-bond acceptors (Lipinski definition) is 4. The lowest BCUT2D eigenvalue weighted by Crippen LogP contribution is -2.21. The summed E-state index contributed by atoms with van der Waals surface area (Å²) in [7, 11) is 1.50. The van der Waals surface area contributed by atoms with Crippen LogP contribution >= 0.6 is 11.6 Å². The van der Waals surface area contributed by atoms with E-state index in [2.05, 4.69) is 10.3 Å². The van der Waals surface area contributed by atoms with Crippen LogP contribution in [0.5, 0.6) is 5.75 Å². The molecular formula is C14H13ClN2O4. The van der Waals surface area contributed by atoms with Crippen molar-refractivity contribution in [1.29, 1.82) is 0 Å². The Bertz CT molecular complexity index is 640. The number of carbonyl (C=O) groups excluding carboxylic acids is 2. The summed E-state index contributed by atoms with van der Waals surface area (Å²) in [5.41, 5.74) is 0.775. The van der Waals surface area contributed by atoms with E-state index in [-0.39, 0.29) is 12.3 Å². The molecule has 0 bridgehead atoms. The number of rotatable bonds is 5. The van der Waals surface area contributed by atoms with E-state index < -0.39 is 11.9 Å². The minimum atomic E-state index is -0.595. The van der Waals surface area contributed by atoms with Gasteiger partial charge in [0.05, 0.1) is 12.1 Å². The number of hydrogen-bond donors (Lipinski definition) is 2. The number of aromatic nitrogens is 1. The molecule has 0 radical (unpaired) electrons. The summed E-state index contributed by atoms with van der Waals surface area (Å²) in [6, 6.07) is 8.03. The van der Waals surface area contributed by atoms with Crippen molar-refractivity contribution in [3.8, 4) is 5.75 Å². The van der Waals surface area contributed by atoms with Crippen molar-refractivity contribution in [3.05, 3.63) is 47.2 Å². The average Bonchev–Trinajstić information content (AvgIpc) is 2.99. The first-order valence-electron chi connectivity index (χ1n) is 6.04. The molecule has 21 heavy (non-hydrogen) atoms. The standard InChI is InChI=1S/C14H13ClN2O4/c1-20-12-5-4-9(7-10(12)15)17-13(18)8-21-14(19)11-3-2-6-16-11/h2-7,16H,8H2,1H3,(H,17,18). The molecule has 0 aliphatic rings. The van der Waals surface area contributed by atoms with E-state index in [9.17, 15) is 9.59 Å². The Labute approximate surface area is 126 Å². The number of H-pyrrole nitrogens is 1. The van der Waals surface area contributed by atoms with Gasteiger partial charge in [0.15, 0.2) is 6.61 Å². The molecule has 1 aromatic carbocycles. The maximum Gasteiger partial charge on any atom is 0.355 e. The zero-order chi connectivity index (χ0) is 15.2. The first-order valence-corrected chi connectivity index (χ1v) is 6.42. The van der Waals surface area contributed by atoms with Gasteiger partial charge in [-0.1, -0.05) is 11.6 Å². The molecule has 1 amide bonds. The monoisotopic (exact) mass is 308 g/mol. The number of amides is 1. The average molecular weight is 309 g/mol. The van der Waals surface area contributed by atoms with Crippen LogP contribution in [0.4, 0.5) is 5.69 Å². The van der Waals surface area contributed by atoms with Gasteiger partial charge in [-0.2, -0.15) is 0 Å². The zero-order valence-corrected chi connectivity index (χ0v) is 11.9. The Kier molecular flexibility index (Phi) is 4.84. The van der Waals surface area contributed by atoms with Crippen molar-refractivity contribution >= 4 is 29.2 Å². The number of benzene rings is 1. The van der Waals surface area contributed by atoms with Gasteiger partial charge in [-0.15, -0.1) is 0 Å². The number of halogens is 1. The molecule has 0 atom stereocenters. The fourth-order valence-corrected chi connectivity index (χ4v) is 1.87. The summed E-state index contributed by atoms with van der Waals surface area (Å²) in [5, 5.41) is 2.94. The number of methoxy groups -OCH3 is 1. The maximum absolute atomic E-state index is 11.7. The minimum absolute atomic E-state index is 0.287. The summed E-state index contributed by atoms with van der Waals surface area (Å²) in [5.74, 6) is -0.549. The van der Waals surface area contributed by atoms with E-state index in [1.165, 1.54) is 7.11 Å². The van der Waals surface area contributed by atoms with Crippen LogP contribution in [0.25, 0.3) is 0 Å². The number of carbonyl (C=O) groups is 2. The molecule has 2 rings (SSSR count). The smallest absolute Gasteiger partial charge is 0.355 e. The largest absolute Gasteiger partial charge is 0.495 e. The van der Waals surface area contributed by atoms with Crippen LogP contribution in [-0.2, 0) is 9.53 Å². The van der Waals surface area contributed by atoms with Crippen molar-refractivity contribution in [3.63, 3.8) is 0 Å². The fourth-order valence-electron chi connectivity index (χ4n) is 1.61. The Morgan fingerprint density at radius 1 is 1.33 bits per heavy atom. The number of aromatic amines is 1. The van der Waals surface area contributed by atoms with Gasteiger partial charge in [0, 0.05) is 11.9 Å². The second kappa shape index (κ2) is 6.81. The van der Waals surface area contributed by atoms with Crippen LogP contribution in [0.15, 0.2) is 36.5 Å². The Hall–Kier alpha value is -2.47. The molecule has 0 aliphatic carbocycles. The summed E-state index contributed by atoms with van der Waals surface area (Å²) < 4.78 is 9.86. The van der Waals surface area contributed by atoms with Crippen molar-refractivity contribution < 1.29 is 19.1 Å². The maximum atomic E-state index is 11.7. The predicted molar refractivity (Wildman–Crippen MR) is 77.7 cm³/mol. The molecule has 1 aromatic heterocycles. The van der Waals surface area contributed by atoms with Gasteiger partial charge in [-0.25, -0.2) is 4.79 Å². The molecule has 0 aliphatic heterocycles. The van der Waals surface area contributed by atoms with Crippen molar-refractivity contribution in [2.75, 3.05) is 19.0 Å². The third-order valence-corrected chi connectivity index (χ3v) is 2.88. The normalized spacial score (nSPS) is 10.0. The molecule has 2 aromatic rings. The highest BCUT2D eigenvalue weighted by atomic mass is 35.5. The summed E-state index contributed by atoms with van der Waals surface area (Å²) in [6.45, 7) is -0.387. The Balaban J connectivity index is 1.87. The van der Waals surface area contributed by atoms with Crippen molar-refractivity contribution in [1.82, 2.24) is 4.98 Å². The van der Waals surface area contributed by atoms with E-state index in [4.69, 9.17) is 21.1 Å². The molecular weight excluding hydrogens is 296 g/mol. The van der Waals surface area contributed by atoms with Crippen LogP contribution in [-0.4, -0.2) is 30.6 Å². The molecule has 6 nitrogen and oxygen atoms in total. The lowest BCUT2D eigenvalue weighted by Gasteiger charge is -2.08. The number of ether oxygens (including phenoxy) is 2. The summed E-state index contributed by atoms with van der Waals surface area (Å²) >= 11 is 5.94. The second-order valence-corrected chi connectivity index (χ2v) is 4.46. The van der Waals surface area contributed by atoms with E-state index in [0.717, 1.165) is 0 Å². The molecule has 2 N–H and O–H groups in total. The van der Waals surface area contributed by atoms with Gasteiger partial charge in [0.2, 0.25) is 0 Å². The lowest BCUT2D eigenvalue weighted by atomic mass is 10.3. The molecule has 0 unspecified atom stereocenters. The number of esters is 1. The van der Waals surface area contributed by atoms with Crippen molar-refractivity contribution in [2.24, 2.45) is 0 Å². The van der Waals surface area contributed by atoms with Gasteiger partial charge in [-0.05, 0) is 30.3 Å². The minimum Gasteiger partial charge on any atom is -0.495 e. The van der Waals surface area contributed by atoms with Crippen LogP contribution in [0.3, 0.4) is 0 Å². The highest BCUT2D eigenvalue weighted by Crippen LogP contribution is 2.27. The highest BCUT2D eigenvalue weighted by molar-refractivity contribution is 6.32. The quantitative estimate of drug-likeness (QED) is 0.832. The van der Waals surface area contributed by atoms with E-state index in [1.54, 1.807) is 36.5 Å². The van der Waals surface area contributed by atoms with Crippen LogP contribution in [0.2, 0.25) is 5.02 Å². The second-order valence-electron chi connectivity index (χ2n) is 4.06. The Morgan fingerprint density at radius 2 is 2.14 bits per heavy atom. The van der Waals surface area contributed by atoms with Crippen molar-refractivity contribution in [2.45, 2.75) is 0 Å². The molecule has 0 saturated heterocycles. The van der Waals surface area contributed by atoms with E-state index in [0.29, 0.717) is 16.5 Å². The number of anilines is 1. The molecule has 1 heterocycles. The third-order valence-electron chi connectivity index (χ3n) is 2.59. The van der Waals surface area contributed by atoms with Gasteiger partial charge < -0.3 is 19.8 Å². The topological polar surface area (TPSA) is 80.4 Å². The van der Waals surface area contributed by atoms with Crippen LogP contribution < -0.4 is 10.1 Å². The fraction of sp³-hybridized carbons (Fsp3) is 0.143. The molecule has 7 heteroatoms. The van der Waals surface area contributed by atoms with E-state index in [1.807, 2.05) is 0 Å². The lowest BCUT2D eigenvalue weighted by molar-refractivity contribution is -0.119. The number of nitrogens with one attached hydrogen (secondary N) is 2. The molecule has 0 fully saturated rings. The van der Waals surface area contributed by atoms with Crippen LogP contribution in [0, 0.1) is 0 Å². The predicted octanol–water partition coefficient (Wildman–Crippen LogP) is 2.47. The van der Waals surface area contributed by atoms with E-state index >= 15 is 0 Å².